The van der Waals surface area contributed by atoms with Gasteiger partial charge in [-0.15, -0.1) is 0 Å². The van der Waals surface area contributed by atoms with Gasteiger partial charge in [0.25, 0.3) is 0 Å². The Labute approximate surface area is 178 Å². The molecule has 0 aromatic heterocycles. The van der Waals surface area contributed by atoms with Crippen LogP contribution in [0.5, 0.6) is 0 Å². The molecular weight excluding hydrogens is 384 g/mol. The summed E-state index contributed by atoms with van der Waals surface area (Å²) in [6.07, 6.45) is 1.46. The van der Waals surface area contributed by atoms with Gasteiger partial charge in [0.15, 0.2) is 0 Å². The number of hydrogen-bond acceptors (Lipinski definition) is 4. The van der Waals surface area contributed by atoms with E-state index < -0.39 is 17.0 Å². The molecule has 7 nitrogen and oxygen atoms in total. The van der Waals surface area contributed by atoms with Gasteiger partial charge in [0.2, 0.25) is 5.91 Å². The second kappa shape index (κ2) is 8.66. The highest BCUT2D eigenvalue weighted by Gasteiger charge is 2.48. The molecule has 7 heteroatoms. The zero-order chi connectivity index (χ0) is 21.9. The first-order chi connectivity index (χ1) is 14.1. The third-order valence-corrected chi connectivity index (χ3v) is 6.27. The van der Waals surface area contributed by atoms with Crippen molar-refractivity contribution in [2.75, 3.05) is 19.6 Å². The molecule has 0 bridgehead atoms. The minimum atomic E-state index is -0.887. The lowest BCUT2D eigenvalue weighted by atomic mass is 9.80. The molecule has 0 unspecified atom stereocenters. The molecule has 2 saturated heterocycles. The summed E-state index contributed by atoms with van der Waals surface area (Å²) in [5, 5.41) is 9.02. The molecule has 2 amide bonds. The van der Waals surface area contributed by atoms with E-state index in [0.29, 0.717) is 26.2 Å². The SMILES string of the molecule is CC(C)(CC(=O)O)CC(=O)N1CCC([C@@]2(C)CN(Cc3ccccc3)C(=O)O2)CC1. The highest BCUT2D eigenvalue weighted by Crippen LogP contribution is 2.37. The Hall–Kier alpha value is -2.57. The molecule has 164 valence electrons. The van der Waals surface area contributed by atoms with E-state index in [-0.39, 0.29) is 30.8 Å². The van der Waals surface area contributed by atoms with Crippen LogP contribution in [0.15, 0.2) is 30.3 Å². The average molecular weight is 417 g/mol. The molecule has 1 aromatic carbocycles. The van der Waals surface area contributed by atoms with Gasteiger partial charge in [-0.05, 0) is 30.7 Å². The maximum atomic E-state index is 12.6. The van der Waals surface area contributed by atoms with Crippen molar-refractivity contribution in [3.05, 3.63) is 35.9 Å². The third-order valence-electron chi connectivity index (χ3n) is 6.27. The molecule has 0 radical (unpaired) electrons. The lowest BCUT2D eigenvalue weighted by molar-refractivity contribution is -0.141. The van der Waals surface area contributed by atoms with Crippen LogP contribution in [0.3, 0.4) is 0 Å². The largest absolute Gasteiger partial charge is 0.481 e. The van der Waals surface area contributed by atoms with Crippen LogP contribution in [0.25, 0.3) is 0 Å². The molecular formula is C23H32N2O5. The van der Waals surface area contributed by atoms with Crippen molar-refractivity contribution in [3.8, 4) is 0 Å². The number of piperidine rings is 1. The number of carboxylic acids is 1. The van der Waals surface area contributed by atoms with Gasteiger partial charge in [-0.25, -0.2) is 4.79 Å². The van der Waals surface area contributed by atoms with E-state index in [4.69, 9.17) is 9.84 Å². The summed E-state index contributed by atoms with van der Waals surface area (Å²) < 4.78 is 5.81. The number of ether oxygens (including phenoxy) is 1. The fourth-order valence-corrected chi connectivity index (χ4v) is 4.61. The Bertz CT molecular complexity index is 786. The molecule has 3 rings (SSSR count). The van der Waals surface area contributed by atoms with Gasteiger partial charge in [-0.2, -0.15) is 0 Å². The molecule has 2 aliphatic heterocycles. The molecule has 0 saturated carbocycles. The molecule has 2 fully saturated rings. The summed E-state index contributed by atoms with van der Waals surface area (Å²) in [6.45, 7) is 7.92. The molecule has 0 aliphatic carbocycles. The van der Waals surface area contributed by atoms with Gasteiger partial charge < -0.3 is 14.7 Å². The van der Waals surface area contributed by atoms with Crippen LogP contribution in [-0.4, -0.2) is 58.1 Å². The van der Waals surface area contributed by atoms with E-state index in [1.165, 1.54) is 0 Å². The van der Waals surface area contributed by atoms with Crippen LogP contribution in [0.4, 0.5) is 4.79 Å². The fourth-order valence-electron chi connectivity index (χ4n) is 4.61. The first kappa shape index (κ1) is 22.1. The summed E-state index contributed by atoms with van der Waals surface area (Å²) >= 11 is 0. The van der Waals surface area contributed by atoms with Crippen molar-refractivity contribution in [3.63, 3.8) is 0 Å². The number of carboxylic acid groups (broad SMARTS) is 1. The predicted octanol–water partition coefficient (Wildman–Crippen LogP) is 3.53. The second-order valence-electron chi connectivity index (χ2n) is 9.59. The predicted molar refractivity (Wildman–Crippen MR) is 112 cm³/mol. The van der Waals surface area contributed by atoms with Crippen molar-refractivity contribution < 1.29 is 24.2 Å². The van der Waals surface area contributed by atoms with Crippen molar-refractivity contribution in [1.82, 2.24) is 9.80 Å². The van der Waals surface area contributed by atoms with Crippen LogP contribution in [0.2, 0.25) is 0 Å². The van der Waals surface area contributed by atoms with Crippen LogP contribution in [0, 0.1) is 11.3 Å². The fraction of sp³-hybridized carbons (Fsp3) is 0.609. The number of benzene rings is 1. The van der Waals surface area contributed by atoms with E-state index in [2.05, 4.69) is 0 Å². The van der Waals surface area contributed by atoms with E-state index in [1.807, 2.05) is 56.0 Å². The lowest BCUT2D eigenvalue weighted by Gasteiger charge is -2.39. The molecule has 2 heterocycles. The zero-order valence-corrected chi connectivity index (χ0v) is 18.1. The Balaban J connectivity index is 1.53. The van der Waals surface area contributed by atoms with Crippen LogP contribution >= 0.6 is 0 Å². The maximum absolute atomic E-state index is 12.6. The number of cyclic esters (lactones) is 1. The molecule has 30 heavy (non-hydrogen) atoms. The zero-order valence-electron chi connectivity index (χ0n) is 18.1. The van der Waals surface area contributed by atoms with Crippen molar-refractivity contribution in [2.45, 2.75) is 58.6 Å². The quantitative estimate of drug-likeness (QED) is 0.735. The Kier molecular flexibility index (Phi) is 6.38. The Morgan fingerprint density at radius 2 is 1.80 bits per heavy atom. The summed E-state index contributed by atoms with van der Waals surface area (Å²) in [5.74, 6) is -0.695. The summed E-state index contributed by atoms with van der Waals surface area (Å²) in [7, 11) is 0. The average Bonchev–Trinajstić information content (AvgIpc) is 2.96. The summed E-state index contributed by atoms with van der Waals surface area (Å²) in [6, 6.07) is 9.87. The number of likely N-dealkylation sites (tertiary alicyclic amines) is 1. The molecule has 1 atom stereocenters. The van der Waals surface area contributed by atoms with E-state index in [1.54, 1.807) is 4.90 Å². The third kappa shape index (κ3) is 5.32. The van der Waals surface area contributed by atoms with Gasteiger partial charge in [0, 0.05) is 32.0 Å². The monoisotopic (exact) mass is 416 g/mol. The van der Waals surface area contributed by atoms with Gasteiger partial charge in [0.1, 0.15) is 5.60 Å². The minimum Gasteiger partial charge on any atom is -0.481 e. The number of rotatable bonds is 7. The van der Waals surface area contributed by atoms with Crippen molar-refractivity contribution >= 4 is 18.0 Å². The number of nitrogens with zero attached hydrogens (tertiary/aromatic N) is 2. The second-order valence-corrected chi connectivity index (χ2v) is 9.59. The lowest BCUT2D eigenvalue weighted by Crippen LogP contribution is -2.47. The molecule has 0 spiro atoms. The van der Waals surface area contributed by atoms with Gasteiger partial charge in [-0.1, -0.05) is 44.2 Å². The van der Waals surface area contributed by atoms with Gasteiger partial charge in [-0.3, -0.25) is 14.5 Å². The standard InChI is InChI=1S/C23H32N2O5/c1-22(2,14-20(27)28)13-19(26)24-11-9-18(10-12-24)23(3)16-25(21(29)30-23)15-17-7-5-4-6-8-17/h4-8,18H,9-16H2,1-3H3,(H,27,28)/t23-/m1/s1. The number of carbonyl (C=O) groups is 3. The molecule has 2 aliphatic rings. The highest BCUT2D eigenvalue weighted by atomic mass is 16.6. The normalized spacial score (nSPS) is 22.8. The van der Waals surface area contributed by atoms with Crippen molar-refractivity contribution in [1.29, 1.82) is 0 Å². The number of amides is 2. The highest BCUT2D eigenvalue weighted by molar-refractivity contribution is 5.78. The first-order valence-corrected chi connectivity index (χ1v) is 10.6. The summed E-state index contributed by atoms with van der Waals surface area (Å²) in [4.78, 5) is 39.7. The topological polar surface area (TPSA) is 87.2 Å². The van der Waals surface area contributed by atoms with Crippen molar-refractivity contribution in [2.24, 2.45) is 11.3 Å². The van der Waals surface area contributed by atoms with Crippen LogP contribution in [0.1, 0.15) is 52.0 Å². The number of aliphatic carboxylic acids is 1. The Morgan fingerprint density at radius 3 is 2.40 bits per heavy atom. The van der Waals surface area contributed by atoms with Gasteiger partial charge in [0.05, 0.1) is 13.0 Å². The smallest absolute Gasteiger partial charge is 0.410 e. The van der Waals surface area contributed by atoms with E-state index in [0.717, 1.165) is 18.4 Å². The van der Waals surface area contributed by atoms with Crippen LogP contribution < -0.4 is 0 Å². The number of carbonyl (C=O) groups excluding carboxylic acids is 2. The number of hydrogen-bond donors (Lipinski definition) is 1. The maximum Gasteiger partial charge on any atom is 0.410 e. The molecule has 1 N–H and O–H groups in total. The van der Waals surface area contributed by atoms with E-state index >= 15 is 0 Å². The van der Waals surface area contributed by atoms with E-state index in [9.17, 15) is 14.4 Å². The minimum absolute atomic E-state index is 0.000950. The van der Waals surface area contributed by atoms with Crippen LogP contribution in [-0.2, 0) is 20.9 Å². The first-order valence-electron chi connectivity index (χ1n) is 10.6. The summed E-state index contributed by atoms with van der Waals surface area (Å²) in [5.41, 5.74) is -0.0445. The molecule has 1 aromatic rings. The van der Waals surface area contributed by atoms with Gasteiger partial charge >= 0.3 is 12.1 Å². The Morgan fingerprint density at radius 1 is 1.17 bits per heavy atom.